The highest BCUT2D eigenvalue weighted by Crippen LogP contribution is 2.24. The van der Waals surface area contributed by atoms with Crippen molar-refractivity contribution in [2.45, 2.75) is 19.4 Å². The van der Waals surface area contributed by atoms with Crippen LogP contribution in [0.2, 0.25) is 0 Å². The van der Waals surface area contributed by atoms with E-state index in [1.165, 1.54) is 23.1 Å². The Morgan fingerprint density at radius 2 is 1.88 bits per heavy atom. The lowest BCUT2D eigenvalue weighted by molar-refractivity contribution is 0.0928. The fourth-order valence-corrected chi connectivity index (χ4v) is 4.85. The Kier molecular flexibility index (Phi) is 7.54. The van der Waals surface area contributed by atoms with Gasteiger partial charge in [-0.15, -0.1) is 11.3 Å². The number of hydrogen-bond acceptors (Lipinski definition) is 5. The van der Waals surface area contributed by atoms with Gasteiger partial charge in [0, 0.05) is 47.9 Å². The summed E-state index contributed by atoms with van der Waals surface area (Å²) in [6, 6.07) is 10.7. The molecule has 1 fully saturated rings. The van der Waals surface area contributed by atoms with Gasteiger partial charge in [-0.05, 0) is 61.0 Å². The maximum absolute atomic E-state index is 13.3. The topological polar surface area (TPSA) is 81.7 Å². The quantitative estimate of drug-likeness (QED) is 0.456. The van der Waals surface area contributed by atoms with Gasteiger partial charge in [-0.2, -0.15) is 0 Å². The third kappa shape index (κ3) is 6.18. The molecule has 178 valence electrons. The molecule has 0 radical (unpaired) electrons. The molecule has 9 heteroatoms. The van der Waals surface area contributed by atoms with Gasteiger partial charge < -0.3 is 15.7 Å². The van der Waals surface area contributed by atoms with Crippen LogP contribution in [-0.2, 0) is 6.54 Å². The predicted molar refractivity (Wildman–Crippen MR) is 127 cm³/mol. The normalized spacial score (nSPS) is 16.2. The van der Waals surface area contributed by atoms with Gasteiger partial charge in [0.05, 0.1) is 5.56 Å². The molecule has 0 aliphatic carbocycles. The second-order valence-electron chi connectivity index (χ2n) is 8.38. The summed E-state index contributed by atoms with van der Waals surface area (Å²) in [5.74, 6) is -2.86. The molecule has 0 spiro atoms. The van der Waals surface area contributed by atoms with Crippen molar-refractivity contribution in [3.05, 3.63) is 81.5 Å². The highest BCUT2D eigenvalue weighted by atomic mass is 32.1. The number of anilines is 1. The van der Waals surface area contributed by atoms with Crippen LogP contribution in [0.4, 0.5) is 14.5 Å². The van der Waals surface area contributed by atoms with E-state index < -0.39 is 23.4 Å². The zero-order valence-electron chi connectivity index (χ0n) is 18.4. The summed E-state index contributed by atoms with van der Waals surface area (Å²) in [7, 11) is 0. The number of thiophene rings is 1. The standard InChI is InChI=1S/C25H25F2N3O3S/c26-18-9-17(10-19(27)11-18)24(32)29-20-5-6-22(23(31)12-20)25(33)28-13-16-3-1-7-30(14-16)15-21-4-2-8-34-21/h2,4-6,8-12,16,31H,1,3,7,13-15H2,(H,28,33)(H,29,32). The molecule has 2 heterocycles. The average molecular weight is 486 g/mol. The molecule has 2 aromatic carbocycles. The van der Waals surface area contributed by atoms with Crippen molar-refractivity contribution in [1.82, 2.24) is 10.2 Å². The number of piperidine rings is 1. The summed E-state index contributed by atoms with van der Waals surface area (Å²) in [6.07, 6.45) is 2.10. The molecular weight excluding hydrogens is 460 g/mol. The van der Waals surface area contributed by atoms with Gasteiger partial charge in [-0.3, -0.25) is 14.5 Å². The summed E-state index contributed by atoms with van der Waals surface area (Å²) < 4.78 is 26.7. The van der Waals surface area contributed by atoms with Gasteiger partial charge in [0.1, 0.15) is 17.4 Å². The Morgan fingerprint density at radius 1 is 1.09 bits per heavy atom. The molecule has 1 atom stereocenters. The molecule has 1 unspecified atom stereocenters. The van der Waals surface area contributed by atoms with Crippen molar-refractivity contribution in [3.8, 4) is 5.75 Å². The fraction of sp³-hybridized carbons (Fsp3) is 0.280. The second-order valence-corrected chi connectivity index (χ2v) is 9.41. The van der Waals surface area contributed by atoms with E-state index in [2.05, 4.69) is 27.0 Å². The minimum absolute atomic E-state index is 0.0843. The second kappa shape index (κ2) is 10.8. The number of rotatable bonds is 7. The molecule has 34 heavy (non-hydrogen) atoms. The molecule has 1 aromatic heterocycles. The zero-order chi connectivity index (χ0) is 24.1. The molecule has 1 saturated heterocycles. The summed E-state index contributed by atoms with van der Waals surface area (Å²) in [4.78, 5) is 28.6. The Bertz CT molecular complexity index is 1150. The van der Waals surface area contributed by atoms with E-state index in [1.54, 1.807) is 11.3 Å². The van der Waals surface area contributed by atoms with Crippen LogP contribution in [0.15, 0.2) is 53.9 Å². The Hall–Kier alpha value is -3.30. The number of carbonyl (C=O) groups excluding carboxylic acids is 2. The van der Waals surface area contributed by atoms with Gasteiger partial charge >= 0.3 is 0 Å². The lowest BCUT2D eigenvalue weighted by Crippen LogP contribution is -2.40. The molecular formula is C25H25F2N3O3S. The van der Waals surface area contributed by atoms with Gasteiger partial charge in [0.25, 0.3) is 11.8 Å². The highest BCUT2D eigenvalue weighted by molar-refractivity contribution is 7.09. The van der Waals surface area contributed by atoms with Crippen molar-refractivity contribution < 1.29 is 23.5 Å². The number of hydrogen-bond donors (Lipinski definition) is 3. The fourth-order valence-electron chi connectivity index (χ4n) is 4.11. The van der Waals surface area contributed by atoms with E-state index in [0.29, 0.717) is 18.5 Å². The number of amides is 2. The number of aromatic hydroxyl groups is 1. The molecule has 0 bridgehead atoms. The number of carbonyl (C=O) groups is 2. The van der Waals surface area contributed by atoms with Crippen LogP contribution in [0.25, 0.3) is 0 Å². The van der Waals surface area contributed by atoms with Crippen molar-refractivity contribution in [2.24, 2.45) is 5.92 Å². The predicted octanol–water partition coefficient (Wildman–Crippen LogP) is 4.63. The van der Waals surface area contributed by atoms with E-state index in [-0.39, 0.29) is 22.6 Å². The molecule has 3 aromatic rings. The molecule has 3 N–H and O–H groups in total. The minimum Gasteiger partial charge on any atom is -0.507 e. The molecule has 1 aliphatic rings. The van der Waals surface area contributed by atoms with Crippen LogP contribution < -0.4 is 10.6 Å². The lowest BCUT2D eigenvalue weighted by Gasteiger charge is -2.32. The third-order valence-corrected chi connectivity index (χ3v) is 6.60. The monoisotopic (exact) mass is 485 g/mol. The van der Waals surface area contributed by atoms with E-state index in [1.807, 2.05) is 6.07 Å². The zero-order valence-corrected chi connectivity index (χ0v) is 19.2. The maximum Gasteiger partial charge on any atom is 0.255 e. The van der Waals surface area contributed by atoms with E-state index in [4.69, 9.17) is 0 Å². The summed E-state index contributed by atoms with van der Waals surface area (Å²) in [5, 5.41) is 17.7. The first-order valence-corrected chi connectivity index (χ1v) is 11.9. The number of likely N-dealkylation sites (tertiary alicyclic amines) is 1. The van der Waals surface area contributed by atoms with Crippen LogP contribution in [0.3, 0.4) is 0 Å². The van der Waals surface area contributed by atoms with Crippen molar-refractivity contribution in [1.29, 1.82) is 0 Å². The van der Waals surface area contributed by atoms with E-state index >= 15 is 0 Å². The first-order chi connectivity index (χ1) is 16.4. The molecule has 1 aliphatic heterocycles. The minimum atomic E-state index is -0.868. The van der Waals surface area contributed by atoms with E-state index in [9.17, 15) is 23.5 Å². The highest BCUT2D eigenvalue weighted by Gasteiger charge is 2.22. The van der Waals surface area contributed by atoms with Gasteiger partial charge in [-0.25, -0.2) is 8.78 Å². The van der Waals surface area contributed by atoms with Crippen molar-refractivity contribution in [3.63, 3.8) is 0 Å². The maximum atomic E-state index is 13.3. The summed E-state index contributed by atoms with van der Waals surface area (Å²) >= 11 is 1.74. The Balaban J connectivity index is 1.31. The van der Waals surface area contributed by atoms with Gasteiger partial charge in [0.2, 0.25) is 0 Å². The first-order valence-electron chi connectivity index (χ1n) is 11.0. The summed E-state index contributed by atoms with van der Waals surface area (Å²) in [6.45, 7) is 3.36. The SMILES string of the molecule is O=C(Nc1ccc(C(=O)NCC2CCCN(Cc3cccs3)C2)c(O)c1)c1cc(F)cc(F)c1. The third-order valence-electron chi connectivity index (χ3n) is 5.74. The Labute approximate surface area is 200 Å². The average Bonchev–Trinajstić information content (AvgIpc) is 3.30. The van der Waals surface area contributed by atoms with Crippen LogP contribution in [0.5, 0.6) is 5.75 Å². The number of nitrogens with one attached hydrogen (secondary N) is 2. The number of benzene rings is 2. The molecule has 2 amide bonds. The number of nitrogens with zero attached hydrogens (tertiary/aromatic N) is 1. The van der Waals surface area contributed by atoms with Crippen molar-refractivity contribution in [2.75, 3.05) is 25.0 Å². The van der Waals surface area contributed by atoms with Crippen LogP contribution in [-0.4, -0.2) is 41.5 Å². The largest absolute Gasteiger partial charge is 0.507 e. The first kappa shape index (κ1) is 23.8. The number of halogens is 2. The van der Waals surface area contributed by atoms with Crippen LogP contribution >= 0.6 is 11.3 Å². The number of phenols is 1. The molecule has 0 saturated carbocycles. The van der Waals surface area contributed by atoms with Gasteiger partial charge in [0.15, 0.2) is 0 Å². The van der Waals surface area contributed by atoms with Gasteiger partial charge in [-0.1, -0.05) is 6.07 Å². The van der Waals surface area contributed by atoms with E-state index in [0.717, 1.165) is 44.6 Å². The smallest absolute Gasteiger partial charge is 0.255 e. The Morgan fingerprint density at radius 3 is 2.59 bits per heavy atom. The van der Waals surface area contributed by atoms with Crippen molar-refractivity contribution >= 4 is 28.8 Å². The summed E-state index contributed by atoms with van der Waals surface area (Å²) in [5.41, 5.74) is 0.0840. The van der Waals surface area contributed by atoms with Crippen LogP contribution in [0.1, 0.15) is 38.4 Å². The lowest BCUT2D eigenvalue weighted by atomic mass is 9.97. The molecule has 4 rings (SSSR count). The number of phenolic OH excluding ortho intramolecular Hbond substituents is 1. The van der Waals surface area contributed by atoms with Crippen LogP contribution in [0, 0.1) is 17.6 Å². The molecule has 6 nitrogen and oxygen atoms in total.